The first kappa shape index (κ1) is 22.2. The van der Waals surface area contributed by atoms with Gasteiger partial charge in [0.1, 0.15) is 0 Å². The number of nitrogens with one attached hydrogen (secondary N) is 1. The number of benzene rings is 2. The van der Waals surface area contributed by atoms with Crippen molar-refractivity contribution in [3.63, 3.8) is 0 Å². The van der Waals surface area contributed by atoms with Crippen LogP contribution in [-0.2, 0) is 0 Å². The van der Waals surface area contributed by atoms with Gasteiger partial charge in [0.05, 0.1) is 13.7 Å². The van der Waals surface area contributed by atoms with E-state index in [0.29, 0.717) is 34.8 Å². The highest BCUT2D eigenvalue weighted by Gasteiger charge is 2.26. The summed E-state index contributed by atoms with van der Waals surface area (Å²) in [5.41, 5.74) is 3.34. The van der Waals surface area contributed by atoms with Crippen LogP contribution in [0.1, 0.15) is 44.9 Å². The molecule has 4 rings (SSSR count). The monoisotopic (exact) mass is 452 g/mol. The summed E-state index contributed by atoms with van der Waals surface area (Å²) >= 11 is 1.61. The number of anilines is 1. The molecule has 0 fully saturated rings. The van der Waals surface area contributed by atoms with Gasteiger partial charge in [-0.05, 0) is 37.6 Å². The van der Waals surface area contributed by atoms with Gasteiger partial charge in [-0.1, -0.05) is 49.7 Å². The van der Waals surface area contributed by atoms with E-state index < -0.39 is 6.23 Å². The Labute approximate surface area is 192 Å². The fraction of sp³-hybridized carbons (Fsp3) is 0.375. The highest BCUT2D eigenvalue weighted by molar-refractivity contribution is 7.99. The minimum atomic E-state index is -0.475. The van der Waals surface area contributed by atoms with E-state index in [1.165, 1.54) is 12.8 Å². The first-order chi connectivity index (χ1) is 15.7. The maximum atomic E-state index is 6.36. The van der Waals surface area contributed by atoms with Crippen LogP contribution in [0.2, 0.25) is 0 Å². The van der Waals surface area contributed by atoms with Crippen LogP contribution in [0.25, 0.3) is 11.3 Å². The molecule has 1 aromatic heterocycles. The Bertz CT molecular complexity index is 1060. The van der Waals surface area contributed by atoms with Crippen molar-refractivity contribution in [3.8, 4) is 28.6 Å². The smallest absolute Gasteiger partial charge is 0.247 e. The summed E-state index contributed by atoms with van der Waals surface area (Å²) < 4.78 is 17.6. The predicted molar refractivity (Wildman–Crippen MR) is 127 cm³/mol. The van der Waals surface area contributed by atoms with Crippen LogP contribution in [0, 0.1) is 0 Å². The second kappa shape index (κ2) is 10.5. The van der Waals surface area contributed by atoms with E-state index in [-0.39, 0.29) is 0 Å². The summed E-state index contributed by atoms with van der Waals surface area (Å²) in [5.74, 6) is 2.78. The second-order valence-electron chi connectivity index (χ2n) is 7.33. The molecule has 0 unspecified atom stereocenters. The third kappa shape index (κ3) is 4.91. The molecule has 1 atom stereocenters. The fourth-order valence-corrected chi connectivity index (χ4v) is 4.27. The summed E-state index contributed by atoms with van der Waals surface area (Å²) in [6, 6.07) is 13.7. The molecule has 7 nitrogen and oxygen atoms in total. The molecule has 0 bridgehead atoms. The minimum Gasteiger partial charge on any atom is -0.493 e. The van der Waals surface area contributed by atoms with Gasteiger partial charge in [0.2, 0.25) is 11.0 Å². The number of hydrogen-bond acceptors (Lipinski definition) is 8. The van der Waals surface area contributed by atoms with Crippen LogP contribution in [0.5, 0.6) is 17.4 Å². The summed E-state index contributed by atoms with van der Waals surface area (Å²) in [6.45, 7) is 4.71. The standard InChI is InChI=1S/C24H28N4O3S/c1-4-6-9-14-32-24-26-23-21(27-28-24)17-10-7-8-11-18(17)25-22(31-23)16-12-13-19(30-5-2)20(15-16)29-3/h7-8,10-13,15,22,25H,4-6,9,14H2,1-3H3/t22-/m0/s1. The van der Waals surface area contributed by atoms with Crippen LogP contribution < -0.4 is 19.5 Å². The Balaban J connectivity index is 1.68. The van der Waals surface area contributed by atoms with Crippen LogP contribution in [0.4, 0.5) is 5.69 Å². The summed E-state index contributed by atoms with van der Waals surface area (Å²) in [7, 11) is 1.63. The van der Waals surface area contributed by atoms with Gasteiger partial charge in [-0.25, -0.2) is 0 Å². The van der Waals surface area contributed by atoms with Gasteiger partial charge in [0, 0.05) is 22.6 Å². The average Bonchev–Trinajstić information content (AvgIpc) is 2.99. The first-order valence-electron chi connectivity index (χ1n) is 10.9. The number of para-hydroxylation sites is 1. The molecule has 2 aromatic carbocycles. The number of ether oxygens (including phenoxy) is 3. The predicted octanol–water partition coefficient (Wildman–Crippen LogP) is 5.73. The number of thioether (sulfide) groups is 1. The summed E-state index contributed by atoms with van der Waals surface area (Å²) in [6.07, 6.45) is 3.03. The molecule has 0 saturated heterocycles. The van der Waals surface area contributed by atoms with E-state index in [1.54, 1.807) is 18.9 Å². The van der Waals surface area contributed by atoms with Crippen molar-refractivity contribution in [1.82, 2.24) is 15.2 Å². The Hall–Kier alpha value is -3.00. The zero-order valence-corrected chi connectivity index (χ0v) is 19.4. The summed E-state index contributed by atoms with van der Waals surface area (Å²) in [4.78, 5) is 4.71. The van der Waals surface area contributed by atoms with Crippen molar-refractivity contribution in [3.05, 3.63) is 48.0 Å². The molecule has 2 heterocycles. The lowest BCUT2D eigenvalue weighted by molar-refractivity contribution is 0.224. The molecule has 0 spiro atoms. The fourth-order valence-electron chi connectivity index (χ4n) is 3.50. The second-order valence-corrected chi connectivity index (χ2v) is 8.40. The Morgan fingerprint density at radius 1 is 1.06 bits per heavy atom. The maximum Gasteiger partial charge on any atom is 0.247 e. The number of fused-ring (bicyclic) bond motifs is 3. The molecule has 0 radical (unpaired) electrons. The van der Waals surface area contributed by atoms with Gasteiger partial charge < -0.3 is 19.5 Å². The van der Waals surface area contributed by atoms with Gasteiger partial charge in [0.25, 0.3) is 0 Å². The van der Waals surface area contributed by atoms with E-state index >= 15 is 0 Å². The van der Waals surface area contributed by atoms with E-state index in [1.807, 2.05) is 49.4 Å². The van der Waals surface area contributed by atoms with E-state index in [0.717, 1.165) is 29.0 Å². The molecule has 0 aliphatic carbocycles. The highest BCUT2D eigenvalue weighted by Crippen LogP contribution is 2.40. The van der Waals surface area contributed by atoms with Crippen LogP contribution in [0.15, 0.2) is 47.6 Å². The number of nitrogens with zero attached hydrogens (tertiary/aromatic N) is 3. The molecule has 1 aliphatic rings. The average molecular weight is 453 g/mol. The SMILES string of the molecule is CCCCCSc1nnc2c(n1)O[C@@H](c1ccc(OCC)c(OC)c1)Nc1ccccc1-2. The molecule has 168 valence electrons. The van der Waals surface area contributed by atoms with Gasteiger partial charge in [0.15, 0.2) is 23.4 Å². The maximum absolute atomic E-state index is 6.36. The molecule has 0 amide bonds. The zero-order valence-electron chi connectivity index (χ0n) is 18.6. The zero-order chi connectivity index (χ0) is 22.3. The van der Waals surface area contributed by atoms with Crippen LogP contribution >= 0.6 is 11.8 Å². The third-order valence-electron chi connectivity index (χ3n) is 5.10. The van der Waals surface area contributed by atoms with Crippen molar-refractivity contribution in [1.29, 1.82) is 0 Å². The number of hydrogen-bond donors (Lipinski definition) is 1. The van der Waals surface area contributed by atoms with E-state index in [4.69, 9.17) is 19.2 Å². The lowest BCUT2D eigenvalue weighted by Crippen LogP contribution is -2.17. The van der Waals surface area contributed by atoms with E-state index in [9.17, 15) is 0 Å². The quantitative estimate of drug-likeness (QED) is 0.326. The molecule has 1 aliphatic heterocycles. The Morgan fingerprint density at radius 2 is 1.94 bits per heavy atom. The molecule has 0 saturated carbocycles. The molecular weight excluding hydrogens is 424 g/mol. The number of unbranched alkanes of at least 4 members (excludes halogenated alkanes) is 2. The topological polar surface area (TPSA) is 78.4 Å². The van der Waals surface area contributed by atoms with Crippen LogP contribution in [0.3, 0.4) is 0 Å². The largest absolute Gasteiger partial charge is 0.493 e. The molecular formula is C24H28N4O3S. The van der Waals surface area contributed by atoms with Gasteiger partial charge >= 0.3 is 0 Å². The third-order valence-corrected chi connectivity index (χ3v) is 6.03. The lowest BCUT2D eigenvalue weighted by Gasteiger charge is -2.20. The number of rotatable bonds is 9. The van der Waals surface area contributed by atoms with E-state index in [2.05, 4.69) is 22.4 Å². The van der Waals surface area contributed by atoms with Crippen molar-refractivity contribution in [2.45, 2.75) is 44.5 Å². The molecule has 1 N–H and O–H groups in total. The van der Waals surface area contributed by atoms with Crippen molar-refractivity contribution < 1.29 is 14.2 Å². The minimum absolute atomic E-state index is 0.466. The van der Waals surface area contributed by atoms with Crippen molar-refractivity contribution in [2.24, 2.45) is 0 Å². The van der Waals surface area contributed by atoms with Crippen molar-refractivity contribution >= 4 is 17.4 Å². The normalized spacial score (nSPS) is 14.4. The number of methoxy groups -OCH3 is 1. The van der Waals surface area contributed by atoms with Gasteiger partial charge in [-0.15, -0.1) is 10.2 Å². The molecule has 8 heteroatoms. The Kier molecular flexibility index (Phi) is 7.32. The van der Waals surface area contributed by atoms with Gasteiger partial charge in [-0.3, -0.25) is 0 Å². The van der Waals surface area contributed by atoms with Crippen LogP contribution in [-0.4, -0.2) is 34.7 Å². The van der Waals surface area contributed by atoms with Crippen molar-refractivity contribution in [2.75, 3.05) is 24.8 Å². The van der Waals surface area contributed by atoms with Gasteiger partial charge in [-0.2, -0.15) is 4.98 Å². The molecule has 3 aromatic rings. The number of aromatic nitrogens is 3. The summed E-state index contributed by atoms with van der Waals surface area (Å²) in [5, 5.41) is 12.9. The highest BCUT2D eigenvalue weighted by atomic mass is 32.2. The first-order valence-corrected chi connectivity index (χ1v) is 11.9. The lowest BCUT2D eigenvalue weighted by atomic mass is 10.1. The Morgan fingerprint density at radius 3 is 2.75 bits per heavy atom. The molecule has 32 heavy (non-hydrogen) atoms.